The maximum Gasteiger partial charge on any atom is 0.0431 e. The average molecular weight is 194 g/mol. The fraction of sp³-hybridized carbons (Fsp3) is 0.545. The van der Waals surface area contributed by atoms with E-state index in [1.54, 1.807) is 6.20 Å². The van der Waals surface area contributed by atoms with Gasteiger partial charge in [-0.2, -0.15) is 0 Å². The van der Waals surface area contributed by atoms with Crippen molar-refractivity contribution in [2.24, 2.45) is 0 Å². The number of nitrogens with zero attached hydrogens (tertiary/aromatic N) is 1. The van der Waals surface area contributed by atoms with Gasteiger partial charge in [0.1, 0.15) is 0 Å². The van der Waals surface area contributed by atoms with Gasteiger partial charge in [-0.15, -0.1) is 0 Å². The van der Waals surface area contributed by atoms with Crippen LogP contribution >= 0.6 is 0 Å². The lowest BCUT2D eigenvalue weighted by atomic mass is 10.2. The van der Waals surface area contributed by atoms with Crippen LogP contribution in [0.15, 0.2) is 24.5 Å². The van der Waals surface area contributed by atoms with Crippen LogP contribution in [0.1, 0.15) is 25.3 Å². The van der Waals surface area contributed by atoms with E-state index in [0.29, 0.717) is 6.04 Å². The van der Waals surface area contributed by atoms with Crippen LogP contribution < -0.4 is 5.32 Å². The van der Waals surface area contributed by atoms with Crippen LogP contribution in [-0.4, -0.2) is 22.7 Å². The van der Waals surface area contributed by atoms with Crippen molar-refractivity contribution in [2.45, 2.75) is 32.4 Å². The Morgan fingerprint density at radius 1 is 1.57 bits per heavy atom. The Kier molecular flexibility index (Phi) is 5.19. The second kappa shape index (κ2) is 6.51. The average Bonchev–Trinajstić information content (AvgIpc) is 2.25. The van der Waals surface area contributed by atoms with E-state index in [0.717, 1.165) is 19.4 Å². The van der Waals surface area contributed by atoms with E-state index in [1.165, 1.54) is 5.56 Å². The van der Waals surface area contributed by atoms with Crippen LogP contribution in [0.25, 0.3) is 0 Å². The van der Waals surface area contributed by atoms with E-state index in [1.807, 2.05) is 12.3 Å². The van der Waals surface area contributed by atoms with Gasteiger partial charge in [0, 0.05) is 31.6 Å². The third kappa shape index (κ3) is 4.35. The summed E-state index contributed by atoms with van der Waals surface area (Å²) < 4.78 is 0. The molecule has 0 aliphatic carbocycles. The first-order valence-corrected chi connectivity index (χ1v) is 5.06. The number of nitrogens with one attached hydrogen (secondary N) is 1. The third-order valence-electron chi connectivity index (χ3n) is 2.17. The molecule has 3 heteroatoms. The lowest BCUT2D eigenvalue weighted by molar-refractivity contribution is 0.276. The monoisotopic (exact) mass is 194 g/mol. The van der Waals surface area contributed by atoms with E-state index < -0.39 is 0 Å². The number of aliphatic hydroxyl groups is 1. The van der Waals surface area contributed by atoms with Gasteiger partial charge in [0.15, 0.2) is 0 Å². The van der Waals surface area contributed by atoms with Crippen molar-refractivity contribution in [1.82, 2.24) is 10.3 Å². The summed E-state index contributed by atoms with van der Waals surface area (Å²) in [6.45, 7) is 3.26. The van der Waals surface area contributed by atoms with Gasteiger partial charge in [0.25, 0.3) is 0 Å². The van der Waals surface area contributed by atoms with Gasteiger partial charge in [-0.25, -0.2) is 0 Å². The van der Waals surface area contributed by atoms with Crippen molar-refractivity contribution >= 4 is 0 Å². The number of rotatable bonds is 6. The minimum absolute atomic E-state index is 0.277. The van der Waals surface area contributed by atoms with Crippen LogP contribution in [0.4, 0.5) is 0 Å². The molecule has 2 N–H and O–H groups in total. The van der Waals surface area contributed by atoms with Gasteiger partial charge >= 0.3 is 0 Å². The zero-order valence-corrected chi connectivity index (χ0v) is 8.61. The summed E-state index contributed by atoms with van der Waals surface area (Å²) in [5.41, 5.74) is 1.20. The second-order valence-electron chi connectivity index (χ2n) is 3.51. The number of hydrogen-bond acceptors (Lipinski definition) is 3. The van der Waals surface area contributed by atoms with Crippen molar-refractivity contribution in [3.63, 3.8) is 0 Å². The van der Waals surface area contributed by atoms with Crippen molar-refractivity contribution in [3.8, 4) is 0 Å². The van der Waals surface area contributed by atoms with Crippen molar-refractivity contribution in [3.05, 3.63) is 30.1 Å². The van der Waals surface area contributed by atoms with Gasteiger partial charge in [0.05, 0.1) is 0 Å². The quantitative estimate of drug-likeness (QED) is 0.718. The number of aromatic nitrogens is 1. The first kappa shape index (κ1) is 11.1. The molecule has 0 aliphatic rings. The fourth-order valence-corrected chi connectivity index (χ4v) is 1.29. The Morgan fingerprint density at radius 2 is 2.43 bits per heavy atom. The van der Waals surface area contributed by atoms with Crippen LogP contribution in [0.5, 0.6) is 0 Å². The Bertz CT molecular complexity index is 238. The van der Waals surface area contributed by atoms with E-state index in [4.69, 9.17) is 5.11 Å². The zero-order valence-electron chi connectivity index (χ0n) is 8.61. The van der Waals surface area contributed by atoms with E-state index >= 15 is 0 Å². The molecule has 0 aliphatic heterocycles. The largest absolute Gasteiger partial charge is 0.396 e. The molecular formula is C11H18N2O. The normalized spacial score (nSPS) is 12.7. The molecule has 1 rings (SSSR count). The Labute approximate surface area is 85.2 Å². The molecule has 1 atom stereocenters. The van der Waals surface area contributed by atoms with Crippen LogP contribution in [0.3, 0.4) is 0 Å². The second-order valence-corrected chi connectivity index (χ2v) is 3.51. The predicted octanol–water partition coefficient (Wildman–Crippen LogP) is 1.33. The van der Waals surface area contributed by atoms with E-state index in [9.17, 15) is 0 Å². The molecule has 1 aromatic heterocycles. The molecule has 14 heavy (non-hydrogen) atoms. The maximum atomic E-state index is 8.66. The third-order valence-corrected chi connectivity index (χ3v) is 2.17. The Hall–Kier alpha value is -0.930. The topological polar surface area (TPSA) is 45.1 Å². The lowest BCUT2D eigenvalue weighted by Gasteiger charge is -2.12. The van der Waals surface area contributed by atoms with Crippen LogP contribution in [0, 0.1) is 0 Å². The molecule has 0 fully saturated rings. The van der Waals surface area contributed by atoms with Crippen LogP contribution in [0.2, 0.25) is 0 Å². The zero-order chi connectivity index (χ0) is 10.2. The number of aliphatic hydroxyl groups excluding tert-OH is 1. The van der Waals surface area contributed by atoms with E-state index in [-0.39, 0.29) is 6.61 Å². The summed E-state index contributed by atoms with van der Waals surface area (Å²) in [4.78, 5) is 4.04. The highest BCUT2D eigenvalue weighted by atomic mass is 16.2. The molecule has 0 radical (unpaired) electrons. The molecule has 3 nitrogen and oxygen atoms in total. The molecule has 1 heterocycles. The Balaban J connectivity index is 2.20. The molecule has 0 aromatic carbocycles. The summed E-state index contributed by atoms with van der Waals surface area (Å²) in [6.07, 6.45) is 5.52. The molecule has 0 saturated heterocycles. The van der Waals surface area contributed by atoms with E-state index in [2.05, 4.69) is 23.3 Å². The number of hydrogen-bond donors (Lipinski definition) is 2. The molecule has 1 unspecified atom stereocenters. The van der Waals surface area contributed by atoms with Gasteiger partial charge in [-0.05, 0) is 31.4 Å². The molecule has 0 amide bonds. The molecule has 78 valence electrons. The highest BCUT2D eigenvalue weighted by Gasteiger charge is 2.00. The molecular weight excluding hydrogens is 176 g/mol. The minimum atomic E-state index is 0.277. The molecule has 0 bridgehead atoms. The van der Waals surface area contributed by atoms with Crippen LogP contribution in [-0.2, 0) is 6.54 Å². The first-order valence-electron chi connectivity index (χ1n) is 5.06. The van der Waals surface area contributed by atoms with Crippen molar-refractivity contribution in [2.75, 3.05) is 6.61 Å². The summed E-state index contributed by atoms with van der Waals surface area (Å²) >= 11 is 0. The maximum absolute atomic E-state index is 8.66. The molecule has 0 saturated carbocycles. The minimum Gasteiger partial charge on any atom is -0.396 e. The highest BCUT2D eigenvalue weighted by molar-refractivity contribution is 5.07. The predicted molar refractivity (Wildman–Crippen MR) is 56.9 cm³/mol. The molecule has 0 spiro atoms. The van der Waals surface area contributed by atoms with Gasteiger partial charge < -0.3 is 10.4 Å². The van der Waals surface area contributed by atoms with Gasteiger partial charge in [0.2, 0.25) is 0 Å². The first-order chi connectivity index (χ1) is 6.83. The summed E-state index contributed by atoms with van der Waals surface area (Å²) in [5.74, 6) is 0. The summed E-state index contributed by atoms with van der Waals surface area (Å²) in [5, 5.41) is 12.0. The Morgan fingerprint density at radius 3 is 3.07 bits per heavy atom. The summed E-state index contributed by atoms with van der Waals surface area (Å²) in [7, 11) is 0. The van der Waals surface area contributed by atoms with Crippen molar-refractivity contribution < 1.29 is 5.11 Å². The standard InChI is InChI=1S/C11H18N2O/c1-10(4-3-7-14)13-9-11-5-2-6-12-8-11/h2,5-6,8,10,13-14H,3-4,7,9H2,1H3. The van der Waals surface area contributed by atoms with Crippen molar-refractivity contribution in [1.29, 1.82) is 0 Å². The van der Waals surface area contributed by atoms with Gasteiger partial charge in [-0.1, -0.05) is 6.07 Å². The SMILES string of the molecule is CC(CCCO)NCc1cccnc1. The smallest absolute Gasteiger partial charge is 0.0431 e. The lowest BCUT2D eigenvalue weighted by Crippen LogP contribution is -2.25. The highest BCUT2D eigenvalue weighted by Crippen LogP contribution is 1.99. The number of pyridine rings is 1. The van der Waals surface area contributed by atoms with Gasteiger partial charge in [-0.3, -0.25) is 4.98 Å². The fourth-order valence-electron chi connectivity index (χ4n) is 1.29. The molecule has 1 aromatic rings. The summed E-state index contributed by atoms with van der Waals surface area (Å²) in [6, 6.07) is 4.44.